The Morgan fingerprint density at radius 3 is 2.33 bits per heavy atom. The highest BCUT2D eigenvalue weighted by Gasteiger charge is 2.20. The van der Waals surface area contributed by atoms with Crippen LogP contribution >= 0.6 is 0 Å². The second-order valence-corrected chi connectivity index (χ2v) is 3.95. The summed E-state index contributed by atoms with van der Waals surface area (Å²) in [6, 6.07) is 8.61. The summed E-state index contributed by atoms with van der Waals surface area (Å²) in [5.74, 6) is -0.464. The number of allylic oxidation sites excluding steroid dienone is 2. The molecule has 0 unspecified atom stereocenters. The molecule has 18 heavy (non-hydrogen) atoms. The molecular formula is C14H17NO3. The van der Waals surface area contributed by atoms with Crippen LogP contribution in [0.3, 0.4) is 0 Å². The van der Waals surface area contributed by atoms with E-state index < -0.39 is 12.0 Å². The van der Waals surface area contributed by atoms with Crippen molar-refractivity contribution in [3.8, 4) is 0 Å². The van der Waals surface area contributed by atoms with Crippen LogP contribution < -0.4 is 5.32 Å². The molecular weight excluding hydrogens is 230 g/mol. The molecule has 0 saturated heterocycles. The summed E-state index contributed by atoms with van der Waals surface area (Å²) < 4.78 is 4.76. The average molecular weight is 247 g/mol. The van der Waals surface area contributed by atoms with Gasteiger partial charge in [-0.05, 0) is 25.5 Å². The Kier molecular flexibility index (Phi) is 5.11. The van der Waals surface area contributed by atoms with E-state index in [1.807, 2.05) is 30.3 Å². The van der Waals surface area contributed by atoms with Crippen molar-refractivity contribution in [3.63, 3.8) is 0 Å². The van der Waals surface area contributed by atoms with Crippen molar-refractivity contribution < 1.29 is 14.3 Å². The van der Waals surface area contributed by atoms with E-state index in [2.05, 4.69) is 5.32 Å². The number of hydrogen-bond acceptors (Lipinski definition) is 4. The molecule has 1 aromatic carbocycles. The van der Waals surface area contributed by atoms with Gasteiger partial charge in [0.25, 0.3) is 0 Å². The van der Waals surface area contributed by atoms with Crippen molar-refractivity contribution in [3.05, 3.63) is 47.7 Å². The standard InChI is InChI=1S/C14H17NO3/c1-10(9-11(2)16)15-13(14(17)18-3)12-7-5-4-6-8-12/h4-9,13,15H,1-3H3/t13-/m1/s1. The van der Waals surface area contributed by atoms with Gasteiger partial charge >= 0.3 is 5.97 Å². The minimum absolute atomic E-state index is 0.0725. The molecule has 0 amide bonds. The number of nitrogens with one attached hydrogen (secondary N) is 1. The van der Waals surface area contributed by atoms with Crippen LogP contribution in [0, 0.1) is 0 Å². The molecule has 1 atom stereocenters. The van der Waals surface area contributed by atoms with Crippen LogP contribution in [-0.4, -0.2) is 18.9 Å². The molecule has 0 aromatic heterocycles. The molecule has 0 bridgehead atoms. The lowest BCUT2D eigenvalue weighted by molar-refractivity contribution is -0.143. The Labute approximate surface area is 107 Å². The Hall–Kier alpha value is -2.10. The molecule has 0 fully saturated rings. The summed E-state index contributed by atoms with van der Waals surface area (Å²) in [7, 11) is 1.34. The van der Waals surface area contributed by atoms with E-state index >= 15 is 0 Å². The van der Waals surface area contributed by atoms with Gasteiger partial charge in [-0.1, -0.05) is 30.3 Å². The third kappa shape index (κ3) is 4.05. The van der Waals surface area contributed by atoms with Gasteiger partial charge in [0.05, 0.1) is 7.11 Å². The van der Waals surface area contributed by atoms with E-state index in [0.717, 1.165) is 5.56 Å². The number of benzene rings is 1. The van der Waals surface area contributed by atoms with Gasteiger partial charge in [-0.2, -0.15) is 0 Å². The number of rotatable bonds is 5. The molecule has 0 heterocycles. The SMILES string of the molecule is COC(=O)[C@H](NC(C)=CC(C)=O)c1ccccc1. The van der Waals surface area contributed by atoms with E-state index in [9.17, 15) is 9.59 Å². The lowest BCUT2D eigenvalue weighted by Gasteiger charge is -2.18. The van der Waals surface area contributed by atoms with E-state index in [1.54, 1.807) is 6.92 Å². The van der Waals surface area contributed by atoms with Crippen LogP contribution in [0.5, 0.6) is 0 Å². The molecule has 0 aliphatic heterocycles. The second kappa shape index (κ2) is 6.59. The molecule has 1 aromatic rings. The summed E-state index contributed by atoms with van der Waals surface area (Å²) in [5, 5.41) is 2.98. The average Bonchev–Trinajstić information content (AvgIpc) is 2.35. The Bertz CT molecular complexity index is 451. The third-order valence-electron chi connectivity index (χ3n) is 2.36. The zero-order valence-corrected chi connectivity index (χ0v) is 10.8. The first-order valence-electron chi connectivity index (χ1n) is 5.62. The van der Waals surface area contributed by atoms with Gasteiger partial charge in [-0.3, -0.25) is 4.79 Å². The predicted molar refractivity (Wildman–Crippen MR) is 68.8 cm³/mol. The highest BCUT2D eigenvalue weighted by atomic mass is 16.5. The van der Waals surface area contributed by atoms with Crippen molar-refractivity contribution in [1.82, 2.24) is 5.32 Å². The van der Waals surface area contributed by atoms with E-state index in [-0.39, 0.29) is 5.78 Å². The molecule has 0 aliphatic carbocycles. The van der Waals surface area contributed by atoms with Gasteiger partial charge < -0.3 is 10.1 Å². The smallest absolute Gasteiger partial charge is 0.332 e. The lowest BCUT2D eigenvalue weighted by Crippen LogP contribution is -2.28. The fourth-order valence-corrected chi connectivity index (χ4v) is 1.62. The second-order valence-electron chi connectivity index (χ2n) is 3.95. The van der Waals surface area contributed by atoms with Crippen LogP contribution in [0.1, 0.15) is 25.5 Å². The summed E-state index contributed by atoms with van der Waals surface area (Å²) in [6.07, 6.45) is 1.44. The fraction of sp³-hybridized carbons (Fsp3) is 0.286. The third-order valence-corrected chi connectivity index (χ3v) is 2.36. The summed E-state index contributed by atoms with van der Waals surface area (Å²) in [4.78, 5) is 22.7. The largest absolute Gasteiger partial charge is 0.467 e. The first-order chi connectivity index (χ1) is 8.54. The normalized spacial score (nSPS) is 12.7. The van der Waals surface area contributed by atoms with Crippen LogP contribution in [-0.2, 0) is 14.3 Å². The number of methoxy groups -OCH3 is 1. The minimum Gasteiger partial charge on any atom is -0.467 e. The van der Waals surface area contributed by atoms with Gasteiger partial charge in [-0.25, -0.2) is 4.79 Å². The van der Waals surface area contributed by atoms with Gasteiger partial charge in [-0.15, -0.1) is 0 Å². The number of carbonyl (C=O) groups excluding carboxylic acids is 2. The summed E-state index contributed by atoms with van der Waals surface area (Å²) in [6.45, 7) is 3.20. The van der Waals surface area contributed by atoms with Crippen LogP contribution in [0.15, 0.2) is 42.1 Å². The fourth-order valence-electron chi connectivity index (χ4n) is 1.62. The van der Waals surface area contributed by atoms with Gasteiger partial charge in [0, 0.05) is 5.70 Å². The Morgan fingerprint density at radius 1 is 1.22 bits per heavy atom. The quantitative estimate of drug-likeness (QED) is 0.638. The monoisotopic (exact) mass is 247 g/mol. The number of ketones is 1. The van der Waals surface area contributed by atoms with Crippen molar-refractivity contribution in [2.24, 2.45) is 0 Å². The van der Waals surface area contributed by atoms with E-state index in [0.29, 0.717) is 5.70 Å². The number of carbonyl (C=O) groups is 2. The summed E-state index contributed by atoms with van der Waals surface area (Å²) >= 11 is 0. The van der Waals surface area contributed by atoms with Gasteiger partial charge in [0.2, 0.25) is 0 Å². The van der Waals surface area contributed by atoms with Crippen molar-refractivity contribution in [2.75, 3.05) is 7.11 Å². The molecule has 1 N–H and O–H groups in total. The predicted octanol–water partition coefficient (Wildman–Crippen LogP) is 1.98. The molecule has 4 nitrogen and oxygen atoms in total. The van der Waals surface area contributed by atoms with Crippen molar-refractivity contribution >= 4 is 11.8 Å². The first-order valence-corrected chi connectivity index (χ1v) is 5.62. The first kappa shape index (κ1) is 14.0. The molecule has 0 saturated carbocycles. The lowest BCUT2D eigenvalue weighted by atomic mass is 10.1. The maximum absolute atomic E-state index is 11.7. The molecule has 0 spiro atoms. The maximum atomic E-state index is 11.7. The van der Waals surface area contributed by atoms with Crippen LogP contribution in [0.4, 0.5) is 0 Å². The maximum Gasteiger partial charge on any atom is 0.332 e. The molecule has 96 valence electrons. The Morgan fingerprint density at radius 2 is 1.83 bits per heavy atom. The van der Waals surface area contributed by atoms with Crippen LogP contribution in [0.2, 0.25) is 0 Å². The van der Waals surface area contributed by atoms with Gasteiger partial charge in [0.15, 0.2) is 11.8 Å². The highest BCUT2D eigenvalue weighted by Crippen LogP contribution is 2.15. The number of hydrogen-bond donors (Lipinski definition) is 1. The van der Waals surface area contributed by atoms with E-state index in [1.165, 1.54) is 20.1 Å². The molecule has 4 heteroatoms. The summed E-state index contributed by atoms with van der Waals surface area (Å²) in [5.41, 5.74) is 1.42. The topological polar surface area (TPSA) is 55.4 Å². The van der Waals surface area contributed by atoms with Gasteiger partial charge in [0.1, 0.15) is 0 Å². The minimum atomic E-state index is -0.605. The zero-order chi connectivity index (χ0) is 13.5. The molecule has 1 rings (SSSR count). The molecule has 0 aliphatic rings. The molecule has 0 radical (unpaired) electrons. The highest BCUT2D eigenvalue weighted by molar-refractivity contribution is 5.88. The van der Waals surface area contributed by atoms with Crippen molar-refractivity contribution in [1.29, 1.82) is 0 Å². The number of esters is 1. The zero-order valence-electron chi connectivity index (χ0n) is 10.8. The number of ether oxygens (including phenoxy) is 1. The Balaban J connectivity index is 2.94. The van der Waals surface area contributed by atoms with E-state index in [4.69, 9.17) is 4.74 Å². The van der Waals surface area contributed by atoms with Crippen molar-refractivity contribution in [2.45, 2.75) is 19.9 Å². The van der Waals surface area contributed by atoms with Crippen LogP contribution in [0.25, 0.3) is 0 Å².